The Bertz CT molecular complexity index is 209. The number of carbonyl (C=O) groups excluding carboxylic acids is 1. The lowest BCUT2D eigenvalue weighted by molar-refractivity contribution is -0.141. The van der Waals surface area contributed by atoms with Crippen molar-refractivity contribution >= 4 is 5.97 Å². The van der Waals surface area contributed by atoms with Gasteiger partial charge in [0.1, 0.15) is 5.54 Å². The molecule has 1 aliphatic heterocycles. The van der Waals surface area contributed by atoms with Gasteiger partial charge in [0, 0.05) is 11.3 Å². The highest BCUT2D eigenvalue weighted by molar-refractivity contribution is 5.82. The molecular formula is C5H7N3O2. The molecule has 0 bridgehead atoms. The number of hydrogen-bond donors (Lipinski definition) is 0. The summed E-state index contributed by atoms with van der Waals surface area (Å²) in [5.74, 6) is -0.426. The predicted octanol–water partition coefficient (Wildman–Crippen LogP) is 1.00. The molecule has 0 radical (unpaired) electrons. The van der Waals surface area contributed by atoms with E-state index in [2.05, 4.69) is 14.8 Å². The average Bonchev–Trinajstić information content (AvgIpc) is 2.15. The third-order valence-electron chi connectivity index (χ3n) is 1.53. The zero-order valence-corrected chi connectivity index (χ0v) is 5.57. The van der Waals surface area contributed by atoms with E-state index in [1.165, 1.54) is 0 Å². The van der Waals surface area contributed by atoms with Crippen LogP contribution in [0.2, 0.25) is 0 Å². The first-order chi connectivity index (χ1) is 4.69. The Morgan fingerprint density at radius 2 is 2.60 bits per heavy atom. The molecule has 0 aromatic heterocycles. The first kappa shape index (κ1) is 6.89. The monoisotopic (exact) mass is 141 g/mol. The van der Waals surface area contributed by atoms with Crippen LogP contribution in [-0.2, 0) is 9.53 Å². The smallest absolute Gasteiger partial charge is 0.317 e. The zero-order chi connectivity index (χ0) is 7.61. The van der Waals surface area contributed by atoms with E-state index in [1.54, 1.807) is 6.92 Å². The van der Waals surface area contributed by atoms with Crippen LogP contribution >= 0.6 is 0 Å². The third-order valence-corrected chi connectivity index (χ3v) is 1.53. The van der Waals surface area contributed by atoms with Crippen LogP contribution in [0.5, 0.6) is 0 Å². The molecular weight excluding hydrogens is 134 g/mol. The first-order valence-electron chi connectivity index (χ1n) is 2.92. The van der Waals surface area contributed by atoms with E-state index < -0.39 is 11.5 Å². The molecule has 0 spiro atoms. The zero-order valence-electron chi connectivity index (χ0n) is 5.57. The second-order valence-electron chi connectivity index (χ2n) is 2.35. The lowest BCUT2D eigenvalue weighted by Crippen LogP contribution is -2.26. The number of rotatable bonds is 1. The SMILES string of the molecule is CC1(N=[N+]=[N-])CCOC1=O. The molecule has 5 nitrogen and oxygen atoms in total. The van der Waals surface area contributed by atoms with Gasteiger partial charge in [0.15, 0.2) is 0 Å². The summed E-state index contributed by atoms with van der Waals surface area (Å²) in [5, 5.41) is 3.34. The molecule has 1 heterocycles. The van der Waals surface area contributed by atoms with Crippen LogP contribution in [0.25, 0.3) is 10.4 Å². The number of esters is 1. The maximum atomic E-state index is 10.8. The highest BCUT2D eigenvalue weighted by atomic mass is 16.5. The van der Waals surface area contributed by atoms with Gasteiger partial charge in [-0.2, -0.15) is 0 Å². The summed E-state index contributed by atoms with van der Waals surface area (Å²) in [6.45, 7) is 1.93. The summed E-state index contributed by atoms with van der Waals surface area (Å²) in [7, 11) is 0. The third kappa shape index (κ3) is 0.910. The van der Waals surface area contributed by atoms with E-state index in [0.29, 0.717) is 13.0 Å². The molecule has 1 unspecified atom stereocenters. The second kappa shape index (κ2) is 2.19. The Labute approximate surface area is 57.6 Å². The van der Waals surface area contributed by atoms with Gasteiger partial charge < -0.3 is 4.74 Å². The first-order valence-corrected chi connectivity index (χ1v) is 2.92. The maximum absolute atomic E-state index is 10.8. The van der Waals surface area contributed by atoms with E-state index >= 15 is 0 Å². The summed E-state index contributed by atoms with van der Waals surface area (Å²) < 4.78 is 4.62. The topological polar surface area (TPSA) is 75.1 Å². The Kier molecular flexibility index (Phi) is 1.51. The number of carbonyl (C=O) groups is 1. The number of ether oxygens (including phenoxy) is 1. The van der Waals surface area contributed by atoms with Gasteiger partial charge in [0.25, 0.3) is 0 Å². The molecule has 0 amide bonds. The van der Waals surface area contributed by atoms with Crippen molar-refractivity contribution in [3.05, 3.63) is 10.4 Å². The second-order valence-corrected chi connectivity index (χ2v) is 2.35. The molecule has 5 heteroatoms. The fourth-order valence-electron chi connectivity index (χ4n) is 0.790. The van der Waals surface area contributed by atoms with Crippen molar-refractivity contribution in [2.75, 3.05) is 6.61 Å². The van der Waals surface area contributed by atoms with E-state index in [1.807, 2.05) is 0 Å². The van der Waals surface area contributed by atoms with Crippen molar-refractivity contribution in [3.63, 3.8) is 0 Å². The van der Waals surface area contributed by atoms with Crippen LogP contribution in [0.4, 0.5) is 0 Å². The number of nitrogens with zero attached hydrogens (tertiary/aromatic N) is 3. The molecule has 0 aromatic carbocycles. The van der Waals surface area contributed by atoms with Gasteiger partial charge in [-0.3, -0.25) is 4.79 Å². The lowest BCUT2D eigenvalue weighted by Gasteiger charge is -2.08. The summed E-state index contributed by atoms with van der Waals surface area (Å²) >= 11 is 0. The van der Waals surface area contributed by atoms with E-state index in [4.69, 9.17) is 5.53 Å². The van der Waals surface area contributed by atoms with Gasteiger partial charge >= 0.3 is 5.97 Å². The minimum absolute atomic E-state index is 0.356. The Hall–Kier alpha value is -1.22. The van der Waals surface area contributed by atoms with Crippen molar-refractivity contribution in [2.45, 2.75) is 18.9 Å². The summed E-state index contributed by atoms with van der Waals surface area (Å²) in [4.78, 5) is 13.4. The minimum atomic E-state index is -0.950. The number of azide groups is 1. The molecule has 0 aromatic rings. The van der Waals surface area contributed by atoms with Gasteiger partial charge in [-0.25, -0.2) is 0 Å². The fourth-order valence-corrected chi connectivity index (χ4v) is 0.790. The molecule has 0 N–H and O–H groups in total. The predicted molar refractivity (Wildman–Crippen MR) is 33.1 cm³/mol. The van der Waals surface area contributed by atoms with Gasteiger partial charge in [-0.05, 0) is 12.5 Å². The molecule has 54 valence electrons. The molecule has 0 aliphatic carbocycles. The Morgan fingerprint density at radius 3 is 3.00 bits per heavy atom. The van der Waals surface area contributed by atoms with Crippen LogP contribution in [-0.4, -0.2) is 18.1 Å². The van der Waals surface area contributed by atoms with Crippen LogP contribution in [0, 0.1) is 0 Å². The average molecular weight is 141 g/mol. The normalized spacial score (nSPS) is 31.1. The Balaban J connectivity index is 2.85. The highest BCUT2D eigenvalue weighted by Crippen LogP contribution is 2.23. The summed E-state index contributed by atoms with van der Waals surface area (Å²) in [6, 6.07) is 0. The van der Waals surface area contributed by atoms with Gasteiger partial charge in [-0.15, -0.1) is 0 Å². The number of cyclic esters (lactones) is 1. The van der Waals surface area contributed by atoms with Crippen LogP contribution in [0.3, 0.4) is 0 Å². The van der Waals surface area contributed by atoms with Crippen molar-refractivity contribution in [3.8, 4) is 0 Å². The van der Waals surface area contributed by atoms with Crippen LogP contribution < -0.4 is 0 Å². The minimum Gasteiger partial charge on any atom is -0.465 e. The Morgan fingerprint density at radius 1 is 1.90 bits per heavy atom. The van der Waals surface area contributed by atoms with Crippen molar-refractivity contribution < 1.29 is 9.53 Å². The van der Waals surface area contributed by atoms with Crippen molar-refractivity contribution in [1.29, 1.82) is 0 Å². The lowest BCUT2D eigenvalue weighted by atomic mass is 10.0. The summed E-state index contributed by atoms with van der Waals surface area (Å²) in [5.41, 5.74) is 7.11. The standard InChI is InChI=1S/C5H7N3O2/c1-5(7-8-6)2-3-10-4(5)9/h2-3H2,1H3. The van der Waals surface area contributed by atoms with E-state index in [0.717, 1.165) is 0 Å². The molecule has 1 aliphatic rings. The maximum Gasteiger partial charge on any atom is 0.317 e. The van der Waals surface area contributed by atoms with Gasteiger partial charge in [0.05, 0.1) is 6.61 Å². The molecule has 1 atom stereocenters. The molecule has 1 fully saturated rings. The van der Waals surface area contributed by atoms with E-state index in [9.17, 15) is 4.79 Å². The molecule has 1 rings (SSSR count). The quantitative estimate of drug-likeness (QED) is 0.236. The fraction of sp³-hybridized carbons (Fsp3) is 0.800. The molecule has 1 saturated heterocycles. The van der Waals surface area contributed by atoms with E-state index in [-0.39, 0.29) is 0 Å². The molecule has 10 heavy (non-hydrogen) atoms. The largest absolute Gasteiger partial charge is 0.465 e. The summed E-state index contributed by atoms with van der Waals surface area (Å²) in [6.07, 6.45) is 0.482. The van der Waals surface area contributed by atoms with Gasteiger partial charge in [-0.1, -0.05) is 5.11 Å². The van der Waals surface area contributed by atoms with Crippen LogP contribution in [0.1, 0.15) is 13.3 Å². The van der Waals surface area contributed by atoms with Crippen molar-refractivity contribution in [1.82, 2.24) is 0 Å². The number of hydrogen-bond acceptors (Lipinski definition) is 3. The highest BCUT2D eigenvalue weighted by Gasteiger charge is 2.39. The molecule has 0 saturated carbocycles. The van der Waals surface area contributed by atoms with Crippen molar-refractivity contribution in [2.24, 2.45) is 5.11 Å². The van der Waals surface area contributed by atoms with Gasteiger partial charge in [0.2, 0.25) is 0 Å². The van der Waals surface area contributed by atoms with Crippen LogP contribution in [0.15, 0.2) is 5.11 Å².